The lowest BCUT2D eigenvalue weighted by molar-refractivity contribution is 0.588. The van der Waals surface area contributed by atoms with Crippen LogP contribution in [0.2, 0.25) is 0 Å². The highest BCUT2D eigenvalue weighted by Gasteiger charge is 2.12. The van der Waals surface area contributed by atoms with Gasteiger partial charge < -0.3 is 10.6 Å². The number of nitrogen functional groups attached to an aromatic ring is 1. The van der Waals surface area contributed by atoms with E-state index in [1.54, 1.807) is 0 Å². The van der Waals surface area contributed by atoms with Crippen LogP contribution in [0.25, 0.3) is 0 Å². The van der Waals surface area contributed by atoms with Gasteiger partial charge in [-0.2, -0.15) is 0 Å². The van der Waals surface area contributed by atoms with Crippen molar-refractivity contribution < 1.29 is 8.42 Å². The molecule has 0 aromatic heterocycles. The number of hydrogen-bond acceptors (Lipinski definition) is 4. The van der Waals surface area contributed by atoms with Gasteiger partial charge in [-0.3, -0.25) is 0 Å². The van der Waals surface area contributed by atoms with E-state index in [1.807, 2.05) is 19.1 Å². The number of nitrogens with one attached hydrogen (secondary N) is 1. The molecule has 0 bridgehead atoms. The predicted molar refractivity (Wildman–Crippen MR) is 85.7 cm³/mol. The van der Waals surface area contributed by atoms with Gasteiger partial charge >= 0.3 is 0 Å². The number of hydrogen-bond donors (Lipinski definition) is 2. The molecule has 0 aliphatic rings. The van der Waals surface area contributed by atoms with E-state index in [1.165, 1.54) is 5.69 Å². The zero-order valence-electron chi connectivity index (χ0n) is 12.7. The van der Waals surface area contributed by atoms with Gasteiger partial charge in [-0.25, -0.2) is 13.1 Å². The Labute approximate surface area is 122 Å². The first-order valence-corrected chi connectivity index (χ1v) is 8.76. The number of benzene rings is 1. The minimum atomic E-state index is -3.16. The third-order valence-electron chi connectivity index (χ3n) is 3.45. The molecule has 1 aromatic rings. The van der Waals surface area contributed by atoms with Crippen molar-refractivity contribution in [2.24, 2.45) is 0 Å². The molecule has 1 rings (SSSR count). The third-order valence-corrected chi connectivity index (χ3v) is 4.18. The van der Waals surface area contributed by atoms with E-state index < -0.39 is 10.0 Å². The summed E-state index contributed by atoms with van der Waals surface area (Å²) in [6.45, 7) is 8.50. The molecule has 0 unspecified atom stereocenters. The molecule has 0 heterocycles. The first-order valence-electron chi connectivity index (χ1n) is 6.87. The Morgan fingerprint density at radius 3 is 2.35 bits per heavy atom. The van der Waals surface area contributed by atoms with E-state index in [-0.39, 0.29) is 0 Å². The van der Waals surface area contributed by atoms with Gasteiger partial charge in [0.2, 0.25) is 10.0 Å². The molecule has 0 fully saturated rings. The zero-order chi connectivity index (χ0) is 15.3. The van der Waals surface area contributed by atoms with Crippen LogP contribution in [0.4, 0.5) is 11.4 Å². The van der Waals surface area contributed by atoms with E-state index in [2.05, 4.69) is 23.5 Å². The highest BCUT2D eigenvalue weighted by atomic mass is 32.2. The largest absolute Gasteiger partial charge is 0.398 e. The van der Waals surface area contributed by atoms with Crippen LogP contribution in [0.1, 0.15) is 25.0 Å². The Morgan fingerprint density at radius 1 is 1.25 bits per heavy atom. The Morgan fingerprint density at radius 2 is 1.85 bits per heavy atom. The van der Waals surface area contributed by atoms with Crippen LogP contribution in [0.15, 0.2) is 12.1 Å². The monoisotopic (exact) mass is 299 g/mol. The van der Waals surface area contributed by atoms with E-state index in [4.69, 9.17) is 5.73 Å². The van der Waals surface area contributed by atoms with Gasteiger partial charge in [-0.1, -0.05) is 0 Å². The van der Waals surface area contributed by atoms with Gasteiger partial charge in [0.15, 0.2) is 0 Å². The summed E-state index contributed by atoms with van der Waals surface area (Å²) in [5, 5.41) is 0. The molecule has 0 atom stereocenters. The lowest BCUT2D eigenvalue weighted by Crippen LogP contribution is -2.26. The molecular weight excluding hydrogens is 274 g/mol. The predicted octanol–water partition coefficient (Wildman–Crippen LogP) is 1.52. The number of sulfonamides is 1. The highest BCUT2D eigenvalue weighted by molar-refractivity contribution is 7.88. The van der Waals surface area contributed by atoms with E-state index in [0.717, 1.165) is 30.5 Å². The molecule has 1 aromatic carbocycles. The maximum absolute atomic E-state index is 11.1. The van der Waals surface area contributed by atoms with Crippen LogP contribution >= 0.6 is 0 Å². The summed E-state index contributed by atoms with van der Waals surface area (Å²) < 4.78 is 24.7. The van der Waals surface area contributed by atoms with Gasteiger partial charge in [0.25, 0.3) is 0 Å². The normalized spacial score (nSPS) is 11.6. The van der Waals surface area contributed by atoms with E-state index >= 15 is 0 Å². The van der Waals surface area contributed by atoms with Crippen LogP contribution in [0.3, 0.4) is 0 Å². The molecule has 0 saturated heterocycles. The fraction of sp³-hybridized carbons (Fsp3) is 0.571. The van der Waals surface area contributed by atoms with Gasteiger partial charge in [0, 0.05) is 31.0 Å². The van der Waals surface area contributed by atoms with Crippen LogP contribution in [0, 0.1) is 6.92 Å². The van der Waals surface area contributed by atoms with Crippen LogP contribution < -0.4 is 15.4 Å². The number of nitrogens with two attached hydrogens (primary N) is 1. The average Bonchev–Trinajstić information content (AvgIpc) is 2.36. The molecule has 0 aliphatic heterocycles. The molecule has 6 heteroatoms. The standard InChI is InChI=1S/C14H25N3O2S/c1-5-17(6-2)14-8-7-13(15)12(11(14)3)9-10-16-20(4,18)19/h7-8,16H,5-6,9-10,15H2,1-4H3. The third kappa shape index (κ3) is 4.38. The van der Waals surface area contributed by atoms with Gasteiger partial charge in [-0.15, -0.1) is 0 Å². The maximum Gasteiger partial charge on any atom is 0.208 e. The Hall–Kier alpha value is -1.27. The van der Waals surface area contributed by atoms with E-state index in [9.17, 15) is 8.42 Å². The Kier molecular flexibility index (Phi) is 5.83. The van der Waals surface area contributed by atoms with Crippen LogP contribution in [-0.2, 0) is 16.4 Å². The summed E-state index contributed by atoms with van der Waals surface area (Å²) in [5.41, 5.74) is 10.1. The van der Waals surface area contributed by atoms with Gasteiger partial charge in [0.1, 0.15) is 0 Å². The fourth-order valence-electron chi connectivity index (χ4n) is 2.37. The molecule has 20 heavy (non-hydrogen) atoms. The smallest absolute Gasteiger partial charge is 0.208 e. The summed E-state index contributed by atoms with van der Waals surface area (Å²) in [4.78, 5) is 2.27. The van der Waals surface area contributed by atoms with Crippen molar-refractivity contribution in [3.8, 4) is 0 Å². The molecule has 0 radical (unpaired) electrons. The molecule has 114 valence electrons. The Bertz CT molecular complexity index is 552. The number of rotatable bonds is 7. The SMILES string of the molecule is CCN(CC)c1ccc(N)c(CCNS(C)(=O)=O)c1C. The van der Waals surface area contributed by atoms with E-state index in [0.29, 0.717) is 18.7 Å². The van der Waals surface area contributed by atoms with Crippen LogP contribution in [0.5, 0.6) is 0 Å². The van der Waals surface area contributed by atoms with Crippen LogP contribution in [-0.4, -0.2) is 34.3 Å². The molecule has 0 amide bonds. The van der Waals surface area contributed by atoms with Crippen molar-refractivity contribution >= 4 is 21.4 Å². The van der Waals surface area contributed by atoms with Crippen molar-refractivity contribution in [1.29, 1.82) is 0 Å². The lowest BCUT2D eigenvalue weighted by Gasteiger charge is -2.25. The van der Waals surface area contributed by atoms with Crippen molar-refractivity contribution in [1.82, 2.24) is 4.72 Å². The van der Waals surface area contributed by atoms with Gasteiger partial charge in [0.05, 0.1) is 6.26 Å². The highest BCUT2D eigenvalue weighted by Crippen LogP contribution is 2.27. The molecular formula is C14H25N3O2S. The summed E-state index contributed by atoms with van der Waals surface area (Å²) in [6, 6.07) is 3.93. The summed E-state index contributed by atoms with van der Waals surface area (Å²) in [6.07, 6.45) is 1.76. The molecule has 0 spiro atoms. The summed E-state index contributed by atoms with van der Waals surface area (Å²) in [7, 11) is -3.16. The Balaban J connectivity index is 2.98. The zero-order valence-corrected chi connectivity index (χ0v) is 13.5. The van der Waals surface area contributed by atoms with Crippen molar-refractivity contribution in [2.45, 2.75) is 27.2 Å². The minimum absolute atomic E-state index is 0.367. The van der Waals surface area contributed by atoms with Crippen molar-refractivity contribution in [3.05, 3.63) is 23.3 Å². The number of nitrogens with zero attached hydrogens (tertiary/aromatic N) is 1. The van der Waals surface area contributed by atoms with Gasteiger partial charge in [-0.05, 0) is 50.5 Å². The van der Waals surface area contributed by atoms with Crippen molar-refractivity contribution in [3.63, 3.8) is 0 Å². The first-order chi connectivity index (χ1) is 9.30. The second-order valence-corrected chi connectivity index (χ2v) is 6.70. The first kappa shape index (κ1) is 16.8. The average molecular weight is 299 g/mol. The molecule has 3 N–H and O–H groups in total. The molecule has 0 saturated carbocycles. The lowest BCUT2D eigenvalue weighted by atomic mass is 10.0. The maximum atomic E-state index is 11.1. The molecule has 5 nitrogen and oxygen atoms in total. The number of anilines is 2. The minimum Gasteiger partial charge on any atom is -0.398 e. The fourth-order valence-corrected chi connectivity index (χ4v) is 2.84. The second-order valence-electron chi connectivity index (χ2n) is 4.87. The summed E-state index contributed by atoms with van der Waals surface area (Å²) >= 11 is 0. The topological polar surface area (TPSA) is 75.4 Å². The summed E-state index contributed by atoms with van der Waals surface area (Å²) in [5.74, 6) is 0. The van der Waals surface area contributed by atoms with Crippen molar-refractivity contribution in [2.75, 3.05) is 36.5 Å². The quantitative estimate of drug-likeness (QED) is 0.748. The molecule has 0 aliphatic carbocycles. The second kappa shape index (κ2) is 6.95.